The quantitative estimate of drug-likeness (QED) is 0.305. The van der Waals surface area contributed by atoms with Gasteiger partial charge < -0.3 is 10.2 Å². The van der Waals surface area contributed by atoms with Crippen molar-refractivity contribution in [1.82, 2.24) is 10.2 Å². The lowest BCUT2D eigenvalue weighted by molar-refractivity contribution is 0.468. The van der Waals surface area contributed by atoms with Crippen molar-refractivity contribution in [1.29, 1.82) is 0 Å². The van der Waals surface area contributed by atoms with Gasteiger partial charge in [-0.3, -0.25) is 4.99 Å². The SMILES string of the molecule is C=CCCCN(C)C(=NCCC(C)C)NCC. The molecule has 0 spiro atoms. The largest absolute Gasteiger partial charge is 0.357 e. The molecule has 0 atom stereocenters. The van der Waals surface area contributed by atoms with Crippen LogP contribution in [0.25, 0.3) is 0 Å². The van der Waals surface area contributed by atoms with Gasteiger partial charge in [-0.25, -0.2) is 0 Å². The van der Waals surface area contributed by atoms with Crippen molar-refractivity contribution in [3.05, 3.63) is 12.7 Å². The summed E-state index contributed by atoms with van der Waals surface area (Å²) in [6.07, 6.45) is 5.32. The molecule has 0 rings (SSSR count). The van der Waals surface area contributed by atoms with Crippen LogP contribution in [0.3, 0.4) is 0 Å². The minimum absolute atomic E-state index is 0.715. The molecule has 0 aromatic rings. The van der Waals surface area contributed by atoms with Crippen molar-refractivity contribution in [2.24, 2.45) is 10.9 Å². The molecule has 0 saturated heterocycles. The number of unbranched alkanes of at least 4 members (excludes halogenated alkanes) is 1. The lowest BCUT2D eigenvalue weighted by Crippen LogP contribution is -2.39. The van der Waals surface area contributed by atoms with Crippen LogP contribution < -0.4 is 5.32 Å². The Bertz CT molecular complexity index is 222. The van der Waals surface area contributed by atoms with E-state index in [1.165, 1.54) is 0 Å². The summed E-state index contributed by atoms with van der Waals surface area (Å²) in [5.74, 6) is 1.74. The van der Waals surface area contributed by atoms with Gasteiger partial charge >= 0.3 is 0 Å². The van der Waals surface area contributed by atoms with Gasteiger partial charge in [-0.15, -0.1) is 6.58 Å². The number of rotatable bonds is 8. The van der Waals surface area contributed by atoms with E-state index >= 15 is 0 Å². The number of aliphatic imine (C=N–C) groups is 1. The Morgan fingerprint density at radius 1 is 1.47 bits per heavy atom. The van der Waals surface area contributed by atoms with Crippen LogP contribution in [0.15, 0.2) is 17.6 Å². The molecule has 0 bridgehead atoms. The van der Waals surface area contributed by atoms with E-state index in [2.05, 4.69) is 49.6 Å². The molecule has 0 saturated carbocycles. The minimum Gasteiger partial charge on any atom is -0.357 e. The molecular formula is C14H29N3. The Morgan fingerprint density at radius 2 is 2.18 bits per heavy atom. The van der Waals surface area contributed by atoms with Crippen LogP contribution in [0, 0.1) is 5.92 Å². The highest BCUT2D eigenvalue weighted by atomic mass is 15.3. The summed E-state index contributed by atoms with van der Waals surface area (Å²) in [6, 6.07) is 0. The van der Waals surface area contributed by atoms with Crippen LogP contribution >= 0.6 is 0 Å². The number of hydrogen-bond donors (Lipinski definition) is 1. The van der Waals surface area contributed by atoms with E-state index < -0.39 is 0 Å². The number of hydrogen-bond acceptors (Lipinski definition) is 1. The van der Waals surface area contributed by atoms with E-state index in [-0.39, 0.29) is 0 Å². The standard InChI is InChI=1S/C14H29N3/c1-6-8-9-12-17(5)14(15-7-2)16-11-10-13(3)4/h6,13H,1,7-12H2,2-5H3,(H,15,16). The van der Waals surface area contributed by atoms with Gasteiger partial charge in [0, 0.05) is 26.7 Å². The summed E-state index contributed by atoms with van der Waals surface area (Å²) in [6.45, 7) is 13.2. The molecule has 1 N–H and O–H groups in total. The fraction of sp³-hybridized carbons (Fsp3) is 0.786. The lowest BCUT2D eigenvalue weighted by Gasteiger charge is -2.21. The van der Waals surface area contributed by atoms with Crippen molar-refractivity contribution < 1.29 is 0 Å². The molecule has 0 aromatic carbocycles. The number of nitrogens with zero attached hydrogens (tertiary/aromatic N) is 2. The molecule has 17 heavy (non-hydrogen) atoms. The Hall–Kier alpha value is -0.990. The second-order valence-electron chi connectivity index (χ2n) is 4.77. The van der Waals surface area contributed by atoms with Crippen LogP contribution in [0.1, 0.15) is 40.0 Å². The van der Waals surface area contributed by atoms with E-state index in [1.54, 1.807) is 0 Å². The Morgan fingerprint density at radius 3 is 2.71 bits per heavy atom. The summed E-state index contributed by atoms with van der Waals surface area (Å²) in [5.41, 5.74) is 0. The molecule has 100 valence electrons. The van der Waals surface area contributed by atoms with Gasteiger partial charge in [0.1, 0.15) is 0 Å². The van der Waals surface area contributed by atoms with Crippen molar-refractivity contribution in [3.63, 3.8) is 0 Å². The monoisotopic (exact) mass is 239 g/mol. The Balaban J connectivity index is 4.13. The molecule has 0 aliphatic heterocycles. The average molecular weight is 239 g/mol. The normalized spacial score (nSPS) is 11.7. The van der Waals surface area contributed by atoms with E-state index in [1.807, 2.05) is 6.08 Å². The third-order valence-electron chi connectivity index (χ3n) is 2.57. The van der Waals surface area contributed by atoms with Crippen molar-refractivity contribution in [3.8, 4) is 0 Å². The predicted octanol–water partition coefficient (Wildman–Crippen LogP) is 2.90. The lowest BCUT2D eigenvalue weighted by atomic mass is 10.1. The molecule has 0 unspecified atom stereocenters. The van der Waals surface area contributed by atoms with E-state index in [9.17, 15) is 0 Å². The van der Waals surface area contributed by atoms with Gasteiger partial charge in [0.25, 0.3) is 0 Å². The van der Waals surface area contributed by atoms with Gasteiger partial charge in [0.2, 0.25) is 0 Å². The summed E-state index contributed by atoms with van der Waals surface area (Å²) >= 11 is 0. The zero-order valence-corrected chi connectivity index (χ0v) is 12.0. The van der Waals surface area contributed by atoms with Crippen molar-refractivity contribution in [2.75, 3.05) is 26.7 Å². The van der Waals surface area contributed by atoms with Crippen LogP contribution in [0.2, 0.25) is 0 Å². The summed E-state index contributed by atoms with van der Waals surface area (Å²) in [5, 5.41) is 3.33. The third kappa shape index (κ3) is 8.78. The highest BCUT2D eigenvalue weighted by Crippen LogP contribution is 2.00. The highest BCUT2D eigenvalue weighted by Gasteiger charge is 2.04. The smallest absolute Gasteiger partial charge is 0.193 e. The molecule has 3 heteroatoms. The molecule has 0 fully saturated rings. The zero-order valence-electron chi connectivity index (χ0n) is 12.0. The van der Waals surface area contributed by atoms with Crippen molar-refractivity contribution in [2.45, 2.75) is 40.0 Å². The van der Waals surface area contributed by atoms with E-state index in [4.69, 9.17) is 0 Å². The molecule has 0 aromatic heterocycles. The number of nitrogens with one attached hydrogen (secondary N) is 1. The van der Waals surface area contributed by atoms with Crippen LogP contribution in [-0.2, 0) is 0 Å². The summed E-state index contributed by atoms with van der Waals surface area (Å²) in [4.78, 5) is 6.84. The first kappa shape index (κ1) is 16.0. The van der Waals surface area contributed by atoms with Crippen LogP contribution in [0.4, 0.5) is 0 Å². The minimum atomic E-state index is 0.715. The van der Waals surface area contributed by atoms with Gasteiger partial charge in [0.05, 0.1) is 0 Å². The molecule has 0 radical (unpaired) electrons. The second kappa shape index (κ2) is 10.2. The predicted molar refractivity (Wildman–Crippen MR) is 77.5 cm³/mol. The molecule has 0 amide bonds. The van der Waals surface area contributed by atoms with Gasteiger partial charge in [-0.1, -0.05) is 19.9 Å². The molecule has 0 aliphatic rings. The van der Waals surface area contributed by atoms with Gasteiger partial charge in [-0.2, -0.15) is 0 Å². The maximum absolute atomic E-state index is 4.64. The maximum atomic E-state index is 4.64. The molecular weight excluding hydrogens is 210 g/mol. The average Bonchev–Trinajstić information content (AvgIpc) is 2.27. The highest BCUT2D eigenvalue weighted by molar-refractivity contribution is 5.79. The van der Waals surface area contributed by atoms with Crippen molar-refractivity contribution >= 4 is 5.96 Å². The first-order valence-electron chi connectivity index (χ1n) is 6.72. The van der Waals surface area contributed by atoms with E-state index in [0.717, 1.165) is 44.9 Å². The Kier molecular flexibility index (Phi) is 9.59. The maximum Gasteiger partial charge on any atom is 0.193 e. The fourth-order valence-electron chi connectivity index (χ4n) is 1.48. The first-order valence-corrected chi connectivity index (χ1v) is 6.72. The third-order valence-corrected chi connectivity index (χ3v) is 2.57. The first-order chi connectivity index (χ1) is 8.11. The molecule has 0 heterocycles. The summed E-state index contributed by atoms with van der Waals surface area (Å²) in [7, 11) is 2.10. The number of allylic oxidation sites excluding steroid dienone is 1. The zero-order chi connectivity index (χ0) is 13.1. The van der Waals surface area contributed by atoms with Gasteiger partial charge in [-0.05, 0) is 32.1 Å². The number of guanidine groups is 1. The topological polar surface area (TPSA) is 27.6 Å². The van der Waals surface area contributed by atoms with Crippen LogP contribution in [-0.4, -0.2) is 37.5 Å². The van der Waals surface area contributed by atoms with Gasteiger partial charge in [0.15, 0.2) is 5.96 Å². The van der Waals surface area contributed by atoms with E-state index in [0.29, 0.717) is 5.92 Å². The Labute approximate surface area is 107 Å². The fourth-order valence-corrected chi connectivity index (χ4v) is 1.48. The molecule has 3 nitrogen and oxygen atoms in total. The molecule has 0 aliphatic carbocycles. The summed E-state index contributed by atoms with van der Waals surface area (Å²) < 4.78 is 0. The second-order valence-corrected chi connectivity index (χ2v) is 4.77. The van der Waals surface area contributed by atoms with Crippen LogP contribution in [0.5, 0.6) is 0 Å².